The number of halogens is 2. The van der Waals surface area contributed by atoms with Crippen molar-refractivity contribution >= 4 is 28.5 Å². The number of aromatic nitrogens is 2. The number of hydrogen-bond donors (Lipinski definition) is 0. The maximum absolute atomic E-state index is 14.4. The third kappa shape index (κ3) is 3.39. The zero-order valence-corrected chi connectivity index (χ0v) is 15.9. The molecule has 2 heterocycles. The van der Waals surface area contributed by atoms with Gasteiger partial charge in [0.2, 0.25) is 0 Å². The van der Waals surface area contributed by atoms with Crippen LogP contribution in [-0.2, 0) is 13.1 Å². The molecule has 0 aliphatic heterocycles. The van der Waals surface area contributed by atoms with E-state index in [-0.39, 0.29) is 30.6 Å². The predicted molar refractivity (Wildman–Crippen MR) is 105 cm³/mol. The zero-order chi connectivity index (χ0) is 19.7. The molecule has 142 valence electrons. The first-order valence-corrected chi connectivity index (χ1v) is 9.08. The summed E-state index contributed by atoms with van der Waals surface area (Å²) in [6.07, 6.45) is 1.45. The van der Waals surface area contributed by atoms with Gasteiger partial charge in [0, 0.05) is 17.6 Å². The Kier molecular flexibility index (Phi) is 4.88. The highest BCUT2D eigenvalue weighted by atomic mass is 35.5. The fraction of sp³-hybridized carbons (Fsp3) is 0.143. The number of carbonyl (C=O) groups is 1. The molecule has 4 aromatic rings. The first-order valence-electron chi connectivity index (χ1n) is 8.70. The molecular formula is C21H17ClFN3O2. The number of para-hydroxylation sites is 2. The van der Waals surface area contributed by atoms with E-state index in [1.165, 1.54) is 17.2 Å². The second-order valence-corrected chi connectivity index (χ2v) is 6.85. The molecule has 5 nitrogen and oxygen atoms in total. The minimum Gasteiger partial charge on any atom is -0.459 e. The number of rotatable bonds is 5. The van der Waals surface area contributed by atoms with Gasteiger partial charge in [0.05, 0.1) is 30.4 Å². The van der Waals surface area contributed by atoms with E-state index >= 15 is 0 Å². The van der Waals surface area contributed by atoms with Crippen molar-refractivity contribution in [1.82, 2.24) is 14.5 Å². The van der Waals surface area contributed by atoms with Crippen molar-refractivity contribution in [2.24, 2.45) is 0 Å². The number of amides is 1. The molecule has 0 saturated carbocycles. The van der Waals surface area contributed by atoms with Crippen LogP contribution in [0.5, 0.6) is 0 Å². The summed E-state index contributed by atoms with van der Waals surface area (Å²) < 4.78 is 21.4. The summed E-state index contributed by atoms with van der Waals surface area (Å²) in [7, 11) is 1.67. The number of furan rings is 1. The number of nitrogens with zero attached hydrogens (tertiary/aromatic N) is 3. The Hall–Kier alpha value is -3.12. The van der Waals surface area contributed by atoms with Crippen LogP contribution in [0.1, 0.15) is 21.9 Å². The van der Waals surface area contributed by atoms with Crippen molar-refractivity contribution in [2.45, 2.75) is 13.1 Å². The molecule has 0 atom stereocenters. The first-order chi connectivity index (χ1) is 13.5. The van der Waals surface area contributed by atoms with Gasteiger partial charge in [-0.2, -0.15) is 0 Å². The van der Waals surface area contributed by atoms with Crippen molar-refractivity contribution in [3.8, 4) is 0 Å². The molecule has 2 aromatic carbocycles. The molecule has 0 radical (unpaired) electrons. The second-order valence-electron chi connectivity index (χ2n) is 6.44. The van der Waals surface area contributed by atoms with Gasteiger partial charge >= 0.3 is 0 Å². The van der Waals surface area contributed by atoms with E-state index in [9.17, 15) is 9.18 Å². The lowest BCUT2D eigenvalue weighted by Gasteiger charge is -2.17. The summed E-state index contributed by atoms with van der Waals surface area (Å²) in [4.78, 5) is 18.7. The van der Waals surface area contributed by atoms with Crippen LogP contribution in [0.25, 0.3) is 11.0 Å². The van der Waals surface area contributed by atoms with Gasteiger partial charge in [-0.1, -0.05) is 29.8 Å². The summed E-state index contributed by atoms with van der Waals surface area (Å²) in [6.45, 7) is 0.449. The van der Waals surface area contributed by atoms with Crippen LogP contribution in [0.3, 0.4) is 0 Å². The van der Waals surface area contributed by atoms with Gasteiger partial charge in [-0.25, -0.2) is 9.37 Å². The Morgan fingerprint density at radius 3 is 2.75 bits per heavy atom. The summed E-state index contributed by atoms with van der Waals surface area (Å²) >= 11 is 6.22. The lowest BCUT2D eigenvalue weighted by molar-refractivity contribution is 0.0748. The molecule has 0 bridgehead atoms. The normalized spacial score (nSPS) is 11.1. The molecule has 0 spiro atoms. The van der Waals surface area contributed by atoms with E-state index in [1.807, 2.05) is 28.8 Å². The largest absolute Gasteiger partial charge is 0.459 e. The summed E-state index contributed by atoms with van der Waals surface area (Å²) in [5.41, 5.74) is 1.99. The predicted octanol–water partition coefficient (Wildman–Crippen LogP) is 4.74. The highest BCUT2D eigenvalue weighted by Crippen LogP contribution is 2.24. The molecule has 0 aliphatic carbocycles. The molecule has 4 rings (SSSR count). The summed E-state index contributed by atoms with van der Waals surface area (Å²) in [5, 5.41) is 0.351. The Bertz CT molecular complexity index is 1120. The fourth-order valence-corrected chi connectivity index (χ4v) is 3.36. The lowest BCUT2D eigenvalue weighted by atomic mass is 10.2. The Labute approximate surface area is 166 Å². The molecule has 28 heavy (non-hydrogen) atoms. The van der Waals surface area contributed by atoms with Crippen LogP contribution in [0.2, 0.25) is 5.02 Å². The van der Waals surface area contributed by atoms with Crippen molar-refractivity contribution in [3.05, 3.63) is 88.8 Å². The molecule has 7 heteroatoms. The number of hydrogen-bond acceptors (Lipinski definition) is 3. The van der Waals surface area contributed by atoms with Gasteiger partial charge in [0.15, 0.2) is 5.76 Å². The number of carbonyl (C=O) groups excluding carboxylic acids is 1. The van der Waals surface area contributed by atoms with Crippen LogP contribution < -0.4 is 0 Å². The van der Waals surface area contributed by atoms with Crippen molar-refractivity contribution in [3.63, 3.8) is 0 Å². The molecule has 0 N–H and O–H groups in total. The molecule has 0 unspecified atom stereocenters. The van der Waals surface area contributed by atoms with Crippen LogP contribution in [0.4, 0.5) is 4.39 Å². The SMILES string of the molecule is CN(Cc1nc2ccccc2n1Cc1c(F)cccc1Cl)C(=O)c1ccco1. The smallest absolute Gasteiger partial charge is 0.289 e. The van der Waals surface area contributed by atoms with E-state index in [4.69, 9.17) is 16.0 Å². The number of benzene rings is 2. The monoisotopic (exact) mass is 397 g/mol. The topological polar surface area (TPSA) is 51.3 Å². The van der Waals surface area contributed by atoms with Crippen LogP contribution in [0.15, 0.2) is 65.3 Å². The van der Waals surface area contributed by atoms with Gasteiger partial charge in [-0.15, -0.1) is 0 Å². The second kappa shape index (κ2) is 7.48. The Balaban J connectivity index is 1.72. The fourth-order valence-electron chi connectivity index (χ4n) is 3.14. The molecular weight excluding hydrogens is 381 g/mol. The van der Waals surface area contributed by atoms with Gasteiger partial charge < -0.3 is 13.9 Å². The first kappa shape index (κ1) is 18.3. The standard InChI is InChI=1S/C21H17ClFN3O2/c1-25(21(27)19-10-5-11-28-19)13-20-24-17-8-2-3-9-18(17)26(20)12-14-15(22)6-4-7-16(14)23/h2-11H,12-13H2,1H3. The third-order valence-corrected chi connectivity index (χ3v) is 4.92. The Morgan fingerprint density at radius 2 is 2.00 bits per heavy atom. The van der Waals surface area contributed by atoms with Crippen molar-refractivity contribution in [2.75, 3.05) is 7.05 Å². The minimum atomic E-state index is -0.378. The quantitative estimate of drug-likeness (QED) is 0.488. The van der Waals surface area contributed by atoms with Crippen LogP contribution in [-0.4, -0.2) is 27.4 Å². The summed E-state index contributed by atoms with van der Waals surface area (Å²) in [6, 6.07) is 15.5. The third-order valence-electron chi connectivity index (χ3n) is 4.57. The number of imidazole rings is 1. The zero-order valence-electron chi connectivity index (χ0n) is 15.1. The Morgan fingerprint density at radius 1 is 1.18 bits per heavy atom. The van der Waals surface area contributed by atoms with E-state index in [2.05, 4.69) is 4.98 Å². The molecule has 0 saturated heterocycles. The van der Waals surface area contributed by atoms with E-state index in [0.717, 1.165) is 11.0 Å². The molecule has 1 amide bonds. The van der Waals surface area contributed by atoms with Crippen LogP contribution in [0, 0.1) is 5.82 Å². The molecule has 0 fully saturated rings. The average Bonchev–Trinajstić information content (AvgIpc) is 3.33. The molecule has 0 aliphatic rings. The minimum absolute atomic E-state index is 0.212. The number of fused-ring (bicyclic) bond motifs is 1. The van der Waals surface area contributed by atoms with Crippen molar-refractivity contribution in [1.29, 1.82) is 0 Å². The average molecular weight is 398 g/mol. The maximum atomic E-state index is 14.4. The molecule has 2 aromatic heterocycles. The van der Waals surface area contributed by atoms with E-state index in [1.54, 1.807) is 31.3 Å². The van der Waals surface area contributed by atoms with E-state index < -0.39 is 0 Å². The van der Waals surface area contributed by atoms with E-state index in [0.29, 0.717) is 16.4 Å². The van der Waals surface area contributed by atoms with Gasteiger partial charge in [-0.3, -0.25) is 4.79 Å². The highest BCUT2D eigenvalue weighted by molar-refractivity contribution is 6.31. The maximum Gasteiger partial charge on any atom is 0.289 e. The van der Waals surface area contributed by atoms with Gasteiger partial charge in [-0.05, 0) is 36.4 Å². The van der Waals surface area contributed by atoms with Crippen molar-refractivity contribution < 1.29 is 13.6 Å². The van der Waals surface area contributed by atoms with Crippen LogP contribution >= 0.6 is 11.6 Å². The van der Waals surface area contributed by atoms with Gasteiger partial charge in [0.1, 0.15) is 11.6 Å². The lowest BCUT2D eigenvalue weighted by Crippen LogP contribution is -2.27. The highest BCUT2D eigenvalue weighted by Gasteiger charge is 2.20. The van der Waals surface area contributed by atoms with Gasteiger partial charge in [0.25, 0.3) is 5.91 Å². The summed E-state index contributed by atoms with van der Waals surface area (Å²) in [5.74, 6) is 0.244.